The minimum atomic E-state index is -0.441. The quantitative estimate of drug-likeness (QED) is 0.905. The number of carbonyl (C=O) groups is 1. The Labute approximate surface area is 109 Å². The maximum absolute atomic E-state index is 12.8. The third kappa shape index (κ3) is 3.11. The van der Waals surface area contributed by atoms with Crippen LogP contribution in [0.2, 0.25) is 5.02 Å². The van der Waals surface area contributed by atoms with Crippen LogP contribution in [0.5, 0.6) is 5.75 Å². The number of benzene rings is 1. The normalized spacial score (nSPS) is 19.1. The molecule has 0 aliphatic carbocycles. The maximum atomic E-state index is 12.8. The highest BCUT2D eigenvalue weighted by Crippen LogP contribution is 2.24. The molecule has 1 saturated heterocycles. The highest BCUT2D eigenvalue weighted by molar-refractivity contribution is 6.32. The molecule has 0 aromatic heterocycles. The molecule has 1 aliphatic rings. The average molecular weight is 273 g/mol. The minimum Gasteiger partial charge on any atom is -0.482 e. The van der Waals surface area contributed by atoms with E-state index in [0.717, 1.165) is 12.5 Å². The topological polar surface area (TPSA) is 55.6 Å². The molecule has 0 bridgehead atoms. The smallest absolute Gasteiger partial charge is 0.260 e. The summed E-state index contributed by atoms with van der Waals surface area (Å²) in [5.41, 5.74) is 5.71. The van der Waals surface area contributed by atoms with Crippen LogP contribution in [0.25, 0.3) is 0 Å². The van der Waals surface area contributed by atoms with Crippen LogP contribution in [0.4, 0.5) is 4.39 Å². The molecular formula is C12H14ClFN2O2. The third-order valence-corrected chi connectivity index (χ3v) is 3.12. The lowest BCUT2D eigenvalue weighted by atomic mass is 10.3. The van der Waals surface area contributed by atoms with Crippen LogP contribution in [0.15, 0.2) is 18.2 Å². The van der Waals surface area contributed by atoms with Crippen LogP contribution in [-0.4, -0.2) is 36.5 Å². The number of amides is 1. The van der Waals surface area contributed by atoms with Crippen molar-refractivity contribution in [1.82, 2.24) is 4.90 Å². The monoisotopic (exact) mass is 272 g/mol. The SMILES string of the molecule is N[C@@H]1CCN(C(=O)COc2ccc(F)cc2Cl)C1. The Morgan fingerprint density at radius 1 is 1.61 bits per heavy atom. The molecule has 4 nitrogen and oxygen atoms in total. The van der Waals surface area contributed by atoms with Gasteiger partial charge in [-0.15, -0.1) is 0 Å². The lowest BCUT2D eigenvalue weighted by Crippen LogP contribution is -2.35. The first kappa shape index (κ1) is 13.1. The number of hydrogen-bond donors (Lipinski definition) is 1. The Hall–Kier alpha value is -1.33. The Morgan fingerprint density at radius 3 is 3.00 bits per heavy atom. The first-order chi connectivity index (χ1) is 8.56. The largest absolute Gasteiger partial charge is 0.482 e. The van der Waals surface area contributed by atoms with Gasteiger partial charge in [-0.25, -0.2) is 4.39 Å². The summed E-state index contributed by atoms with van der Waals surface area (Å²) < 4.78 is 18.1. The van der Waals surface area contributed by atoms with E-state index in [9.17, 15) is 9.18 Å². The average Bonchev–Trinajstić information content (AvgIpc) is 2.74. The van der Waals surface area contributed by atoms with Gasteiger partial charge < -0.3 is 15.4 Å². The summed E-state index contributed by atoms with van der Waals surface area (Å²) in [4.78, 5) is 13.4. The molecule has 98 valence electrons. The number of ether oxygens (including phenoxy) is 1. The van der Waals surface area contributed by atoms with E-state index < -0.39 is 5.82 Å². The maximum Gasteiger partial charge on any atom is 0.260 e. The molecule has 1 heterocycles. The lowest BCUT2D eigenvalue weighted by molar-refractivity contribution is -0.132. The molecule has 1 aromatic carbocycles. The van der Waals surface area contributed by atoms with Gasteiger partial charge in [0, 0.05) is 19.1 Å². The van der Waals surface area contributed by atoms with Crippen LogP contribution < -0.4 is 10.5 Å². The van der Waals surface area contributed by atoms with Crippen molar-refractivity contribution in [2.75, 3.05) is 19.7 Å². The Kier molecular flexibility index (Phi) is 4.04. The van der Waals surface area contributed by atoms with Crippen LogP contribution in [-0.2, 0) is 4.79 Å². The Balaban J connectivity index is 1.89. The summed E-state index contributed by atoms with van der Waals surface area (Å²) >= 11 is 5.79. The van der Waals surface area contributed by atoms with Gasteiger partial charge in [0.25, 0.3) is 5.91 Å². The lowest BCUT2D eigenvalue weighted by Gasteiger charge is -2.16. The fourth-order valence-corrected chi connectivity index (χ4v) is 2.06. The number of halogens is 2. The van der Waals surface area contributed by atoms with Crippen LogP contribution in [0.1, 0.15) is 6.42 Å². The van der Waals surface area contributed by atoms with Gasteiger partial charge in [-0.1, -0.05) is 11.6 Å². The fraction of sp³-hybridized carbons (Fsp3) is 0.417. The molecule has 1 aromatic rings. The summed E-state index contributed by atoms with van der Waals surface area (Å²) in [5, 5.41) is 0.154. The molecule has 18 heavy (non-hydrogen) atoms. The van der Waals surface area contributed by atoms with Crippen molar-refractivity contribution in [3.05, 3.63) is 29.0 Å². The van der Waals surface area contributed by atoms with Crippen molar-refractivity contribution in [3.63, 3.8) is 0 Å². The number of likely N-dealkylation sites (tertiary alicyclic amines) is 1. The standard InChI is InChI=1S/C12H14ClFN2O2/c13-10-5-8(14)1-2-11(10)18-7-12(17)16-4-3-9(15)6-16/h1-2,5,9H,3-4,6-7,15H2/t9-/m1/s1. The second kappa shape index (κ2) is 5.54. The Bertz CT molecular complexity index is 456. The molecule has 0 unspecified atom stereocenters. The predicted octanol–water partition coefficient (Wildman–Crippen LogP) is 1.42. The molecule has 2 N–H and O–H groups in total. The van der Waals surface area contributed by atoms with Gasteiger partial charge in [-0.05, 0) is 24.6 Å². The first-order valence-electron chi connectivity index (χ1n) is 5.67. The zero-order valence-corrected chi connectivity index (χ0v) is 10.5. The second-order valence-corrected chi connectivity index (χ2v) is 4.66. The minimum absolute atomic E-state index is 0.0448. The summed E-state index contributed by atoms with van der Waals surface area (Å²) in [6.45, 7) is 1.10. The molecule has 1 atom stereocenters. The van der Waals surface area contributed by atoms with Gasteiger partial charge in [0.2, 0.25) is 0 Å². The summed E-state index contributed by atoms with van der Waals surface area (Å²) in [5.74, 6) is -0.276. The fourth-order valence-electron chi connectivity index (χ4n) is 1.84. The predicted molar refractivity (Wildman–Crippen MR) is 66.1 cm³/mol. The summed E-state index contributed by atoms with van der Waals surface area (Å²) in [7, 11) is 0. The van der Waals surface area contributed by atoms with Crippen molar-refractivity contribution in [2.24, 2.45) is 5.73 Å². The highest BCUT2D eigenvalue weighted by atomic mass is 35.5. The molecule has 0 radical (unpaired) electrons. The van der Waals surface area contributed by atoms with E-state index in [1.165, 1.54) is 12.1 Å². The van der Waals surface area contributed by atoms with E-state index in [-0.39, 0.29) is 23.6 Å². The van der Waals surface area contributed by atoms with Gasteiger partial charge in [-0.3, -0.25) is 4.79 Å². The van der Waals surface area contributed by atoms with Crippen molar-refractivity contribution in [2.45, 2.75) is 12.5 Å². The number of nitrogens with two attached hydrogens (primary N) is 1. The van der Waals surface area contributed by atoms with Gasteiger partial charge >= 0.3 is 0 Å². The Morgan fingerprint density at radius 2 is 2.39 bits per heavy atom. The summed E-state index contributed by atoms with van der Waals surface area (Å²) in [6, 6.07) is 3.83. The van der Waals surface area contributed by atoms with E-state index in [4.69, 9.17) is 22.1 Å². The molecule has 0 saturated carbocycles. The first-order valence-corrected chi connectivity index (χ1v) is 6.05. The van der Waals surface area contributed by atoms with Gasteiger partial charge in [0.05, 0.1) is 5.02 Å². The van der Waals surface area contributed by atoms with E-state index >= 15 is 0 Å². The molecule has 6 heteroatoms. The molecule has 1 amide bonds. The van der Waals surface area contributed by atoms with Gasteiger partial charge in [0.1, 0.15) is 11.6 Å². The van der Waals surface area contributed by atoms with E-state index in [1.807, 2.05) is 0 Å². The molecule has 2 rings (SSSR count). The van der Waals surface area contributed by atoms with Gasteiger partial charge in [-0.2, -0.15) is 0 Å². The van der Waals surface area contributed by atoms with E-state index in [2.05, 4.69) is 0 Å². The van der Waals surface area contributed by atoms with E-state index in [0.29, 0.717) is 18.8 Å². The highest BCUT2D eigenvalue weighted by Gasteiger charge is 2.23. The molecule has 1 aliphatic heterocycles. The number of rotatable bonds is 3. The van der Waals surface area contributed by atoms with Crippen LogP contribution >= 0.6 is 11.6 Å². The van der Waals surface area contributed by atoms with Crippen molar-refractivity contribution < 1.29 is 13.9 Å². The van der Waals surface area contributed by atoms with Crippen molar-refractivity contribution in [3.8, 4) is 5.75 Å². The van der Waals surface area contributed by atoms with Gasteiger partial charge in [0.15, 0.2) is 6.61 Å². The van der Waals surface area contributed by atoms with Crippen molar-refractivity contribution in [1.29, 1.82) is 0 Å². The van der Waals surface area contributed by atoms with Crippen LogP contribution in [0, 0.1) is 5.82 Å². The van der Waals surface area contributed by atoms with E-state index in [1.54, 1.807) is 4.90 Å². The molecule has 0 spiro atoms. The zero-order valence-electron chi connectivity index (χ0n) is 9.73. The zero-order chi connectivity index (χ0) is 13.1. The number of hydrogen-bond acceptors (Lipinski definition) is 3. The summed E-state index contributed by atoms with van der Waals surface area (Å²) in [6.07, 6.45) is 0.809. The third-order valence-electron chi connectivity index (χ3n) is 2.82. The molecular weight excluding hydrogens is 259 g/mol. The number of carbonyl (C=O) groups excluding carboxylic acids is 1. The second-order valence-electron chi connectivity index (χ2n) is 4.25. The van der Waals surface area contributed by atoms with Crippen LogP contribution in [0.3, 0.4) is 0 Å². The number of nitrogens with zero attached hydrogens (tertiary/aromatic N) is 1. The molecule has 1 fully saturated rings. The van der Waals surface area contributed by atoms with Crippen molar-refractivity contribution >= 4 is 17.5 Å².